The van der Waals surface area contributed by atoms with Gasteiger partial charge >= 0.3 is 5.97 Å². The molecule has 3 rings (SSSR count). The van der Waals surface area contributed by atoms with Crippen LogP contribution in [-0.4, -0.2) is 12.1 Å². The molecule has 0 aromatic heterocycles. The molecule has 1 aliphatic heterocycles. The third-order valence-corrected chi connectivity index (χ3v) is 3.41. The number of aryl methyl sites for hydroxylation is 1. The van der Waals surface area contributed by atoms with Crippen LogP contribution < -0.4 is 4.74 Å². The highest BCUT2D eigenvalue weighted by molar-refractivity contribution is 6.30. The lowest BCUT2D eigenvalue weighted by molar-refractivity contribution is -0.135. The molecule has 0 unspecified atom stereocenters. The molecule has 0 bridgehead atoms. The maximum Gasteiger partial charge on any atom is 0.343 e. The van der Waals surface area contributed by atoms with Gasteiger partial charge in [0.05, 0.1) is 0 Å². The number of carbonyl (C=O) groups is 1. The highest BCUT2D eigenvalue weighted by atomic mass is 35.5. The molecule has 2 aromatic carbocycles. The van der Waals surface area contributed by atoms with Gasteiger partial charge < -0.3 is 9.47 Å². The van der Waals surface area contributed by atoms with E-state index in [-0.39, 0.29) is 12.1 Å². The van der Waals surface area contributed by atoms with E-state index < -0.39 is 6.10 Å². The number of hydrogen-bond acceptors (Lipinski definition) is 3. The van der Waals surface area contributed by atoms with Crippen molar-refractivity contribution < 1.29 is 14.3 Å². The van der Waals surface area contributed by atoms with Crippen LogP contribution in [0.5, 0.6) is 5.75 Å². The molecule has 0 spiro atoms. The maximum absolute atomic E-state index is 11.9. The Balaban J connectivity index is 1.62. The van der Waals surface area contributed by atoms with Crippen molar-refractivity contribution in [1.29, 1.82) is 0 Å². The summed E-state index contributed by atoms with van der Waals surface area (Å²) < 4.78 is 10.7. The van der Waals surface area contributed by atoms with Crippen molar-refractivity contribution in [3.8, 4) is 5.75 Å². The van der Waals surface area contributed by atoms with Crippen LogP contribution in [0.4, 0.5) is 0 Å². The van der Waals surface area contributed by atoms with E-state index in [0.29, 0.717) is 10.8 Å². The molecule has 1 heterocycles. The monoisotopic (exact) mass is 288 g/mol. The smallest absolute Gasteiger partial charge is 0.343 e. The Morgan fingerprint density at radius 2 is 1.75 bits per heavy atom. The first kappa shape index (κ1) is 13.2. The maximum atomic E-state index is 11.9. The predicted molar refractivity (Wildman–Crippen MR) is 75.9 cm³/mol. The van der Waals surface area contributed by atoms with Crippen molar-refractivity contribution in [2.45, 2.75) is 19.1 Å². The van der Waals surface area contributed by atoms with E-state index in [1.165, 1.54) is 0 Å². The summed E-state index contributed by atoms with van der Waals surface area (Å²) in [4.78, 5) is 11.9. The average Bonchev–Trinajstić information content (AvgIpc) is 3.23. The van der Waals surface area contributed by atoms with Gasteiger partial charge in [-0.05, 0) is 36.8 Å². The highest BCUT2D eigenvalue weighted by Crippen LogP contribution is 2.39. The van der Waals surface area contributed by atoms with E-state index >= 15 is 0 Å². The van der Waals surface area contributed by atoms with Crippen molar-refractivity contribution in [2.75, 3.05) is 0 Å². The van der Waals surface area contributed by atoms with Crippen molar-refractivity contribution >= 4 is 17.6 Å². The van der Waals surface area contributed by atoms with Gasteiger partial charge in [0.15, 0.2) is 6.10 Å². The van der Waals surface area contributed by atoms with Gasteiger partial charge in [0, 0.05) is 5.02 Å². The molecular weight excluding hydrogens is 276 g/mol. The van der Waals surface area contributed by atoms with Gasteiger partial charge in [0.1, 0.15) is 11.9 Å². The summed E-state index contributed by atoms with van der Waals surface area (Å²) in [6, 6.07) is 14.6. The molecule has 102 valence electrons. The first-order chi connectivity index (χ1) is 9.63. The van der Waals surface area contributed by atoms with Crippen LogP contribution in [0.15, 0.2) is 48.5 Å². The highest BCUT2D eigenvalue weighted by Gasteiger charge is 2.47. The summed E-state index contributed by atoms with van der Waals surface area (Å²) in [7, 11) is 0. The number of epoxide rings is 1. The Morgan fingerprint density at radius 1 is 1.10 bits per heavy atom. The fraction of sp³-hybridized carbons (Fsp3) is 0.188. The predicted octanol–water partition coefficient (Wildman–Crippen LogP) is 3.69. The van der Waals surface area contributed by atoms with E-state index in [1.54, 1.807) is 24.3 Å². The Hall–Kier alpha value is -1.84. The molecule has 2 atom stereocenters. The largest absolute Gasteiger partial charge is 0.425 e. The van der Waals surface area contributed by atoms with Crippen molar-refractivity contribution in [2.24, 2.45) is 0 Å². The third-order valence-electron chi connectivity index (χ3n) is 3.16. The van der Waals surface area contributed by atoms with E-state index in [1.807, 2.05) is 31.2 Å². The SMILES string of the molecule is Cc1ccc(OC(=O)[C@H]2O[C@H]2c2ccc(Cl)cc2)cc1. The minimum Gasteiger partial charge on any atom is -0.425 e. The summed E-state index contributed by atoms with van der Waals surface area (Å²) in [5.41, 5.74) is 2.05. The summed E-state index contributed by atoms with van der Waals surface area (Å²) in [5.74, 6) is 0.166. The first-order valence-corrected chi connectivity index (χ1v) is 6.70. The first-order valence-electron chi connectivity index (χ1n) is 6.33. The number of hydrogen-bond donors (Lipinski definition) is 0. The lowest BCUT2D eigenvalue weighted by Crippen LogP contribution is -2.15. The van der Waals surface area contributed by atoms with Crippen LogP contribution in [0.2, 0.25) is 5.02 Å². The Kier molecular flexibility index (Phi) is 3.47. The number of esters is 1. The molecular formula is C16H13ClO3. The van der Waals surface area contributed by atoms with Crippen LogP contribution >= 0.6 is 11.6 Å². The van der Waals surface area contributed by atoms with Gasteiger partial charge in [-0.2, -0.15) is 0 Å². The Bertz CT molecular complexity index is 619. The van der Waals surface area contributed by atoms with Crippen LogP contribution in [0.1, 0.15) is 17.2 Å². The van der Waals surface area contributed by atoms with Gasteiger partial charge in [-0.25, -0.2) is 4.79 Å². The van der Waals surface area contributed by atoms with Gasteiger partial charge in [0.25, 0.3) is 0 Å². The quantitative estimate of drug-likeness (QED) is 0.491. The number of ether oxygens (including phenoxy) is 2. The summed E-state index contributed by atoms with van der Waals surface area (Å²) in [6.07, 6.45) is -0.761. The molecule has 1 saturated heterocycles. The third kappa shape index (κ3) is 2.84. The minimum absolute atomic E-state index is 0.231. The van der Waals surface area contributed by atoms with Crippen molar-refractivity contribution in [1.82, 2.24) is 0 Å². The topological polar surface area (TPSA) is 38.8 Å². The molecule has 4 heteroatoms. The fourth-order valence-electron chi connectivity index (χ4n) is 1.98. The van der Waals surface area contributed by atoms with Crippen LogP contribution in [-0.2, 0) is 9.53 Å². The Morgan fingerprint density at radius 3 is 2.40 bits per heavy atom. The molecule has 0 saturated carbocycles. The summed E-state index contributed by atoms with van der Waals surface area (Å²) >= 11 is 5.82. The zero-order chi connectivity index (χ0) is 14.1. The van der Waals surface area contributed by atoms with E-state index in [4.69, 9.17) is 21.1 Å². The van der Waals surface area contributed by atoms with E-state index in [0.717, 1.165) is 11.1 Å². The van der Waals surface area contributed by atoms with Gasteiger partial charge in [-0.3, -0.25) is 0 Å². The second-order valence-electron chi connectivity index (χ2n) is 4.76. The zero-order valence-electron chi connectivity index (χ0n) is 10.9. The van der Waals surface area contributed by atoms with Crippen LogP contribution in [0, 0.1) is 6.92 Å². The van der Waals surface area contributed by atoms with Gasteiger partial charge in [0.2, 0.25) is 0 Å². The minimum atomic E-state index is -0.530. The van der Waals surface area contributed by atoms with E-state index in [2.05, 4.69) is 0 Å². The number of carbonyl (C=O) groups excluding carboxylic acids is 1. The molecule has 20 heavy (non-hydrogen) atoms. The Labute approximate surface area is 122 Å². The summed E-state index contributed by atoms with van der Waals surface area (Å²) in [5, 5.41) is 0.660. The van der Waals surface area contributed by atoms with Crippen molar-refractivity contribution in [3.05, 3.63) is 64.7 Å². The molecule has 0 amide bonds. The summed E-state index contributed by atoms with van der Waals surface area (Å²) in [6.45, 7) is 1.98. The second-order valence-corrected chi connectivity index (χ2v) is 5.20. The second kappa shape index (κ2) is 5.27. The standard InChI is InChI=1S/C16H13ClO3/c1-10-2-8-13(9-3-10)19-16(18)15-14(20-15)11-4-6-12(17)7-5-11/h2-9,14-15H,1H3/t14-,15-/m0/s1. The van der Waals surface area contributed by atoms with Gasteiger partial charge in [-0.15, -0.1) is 0 Å². The van der Waals surface area contributed by atoms with Crippen LogP contribution in [0.25, 0.3) is 0 Å². The fourth-order valence-corrected chi connectivity index (χ4v) is 2.10. The molecule has 2 aromatic rings. The molecule has 1 aliphatic rings. The molecule has 3 nitrogen and oxygen atoms in total. The van der Waals surface area contributed by atoms with Crippen molar-refractivity contribution in [3.63, 3.8) is 0 Å². The van der Waals surface area contributed by atoms with Crippen LogP contribution in [0.3, 0.4) is 0 Å². The normalized spacial score (nSPS) is 20.5. The number of rotatable bonds is 3. The number of benzene rings is 2. The lowest BCUT2D eigenvalue weighted by Gasteiger charge is -2.02. The average molecular weight is 289 g/mol. The lowest BCUT2D eigenvalue weighted by atomic mass is 10.1. The van der Waals surface area contributed by atoms with E-state index in [9.17, 15) is 4.79 Å². The zero-order valence-corrected chi connectivity index (χ0v) is 11.6. The molecule has 1 fully saturated rings. The van der Waals surface area contributed by atoms with Gasteiger partial charge in [-0.1, -0.05) is 41.4 Å². The molecule has 0 aliphatic carbocycles. The molecule has 0 N–H and O–H groups in total. The molecule has 0 radical (unpaired) electrons. The number of halogens is 1.